The molecule has 3 aromatic rings. The first kappa shape index (κ1) is 29.4. The third kappa shape index (κ3) is 5.24. The Bertz CT molecular complexity index is 1560. The summed E-state index contributed by atoms with van der Waals surface area (Å²) in [6.45, 7) is 17.1. The topological polar surface area (TPSA) is 62.3 Å². The minimum absolute atomic E-state index is 0.0966. The number of piperidine rings is 1. The molecule has 2 fully saturated rings. The van der Waals surface area contributed by atoms with Crippen LogP contribution in [0.2, 0.25) is 0 Å². The summed E-state index contributed by atoms with van der Waals surface area (Å²) >= 11 is 0. The van der Waals surface area contributed by atoms with E-state index in [9.17, 15) is 0 Å². The fourth-order valence-corrected chi connectivity index (χ4v) is 7.07. The van der Waals surface area contributed by atoms with Gasteiger partial charge in [0.25, 0.3) is 0 Å². The summed E-state index contributed by atoms with van der Waals surface area (Å²) in [4.78, 5) is 0. The van der Waals surface area contributed by atoms with Crippen molar-refractivity contribution < 1.29 is 4.74 Å². The fourth-order valence-electron chi connectivity index (χ4n) is 7.07. The number of nitrogens with zero attached hydrogens (tertiary/aromatic N) is 1. The second-order valence-electron chi connectivity index (χ2n) is 12.4. The summed E-state index contributed by atoms with van der Waals surface area (Å²) < 4.78 is 8.84. The summed E-state index contributed by atoms with van der Waals surface area (Å²) in [6.07, 6.45) is 10.7. The molecule has 4 aliphatic rings. The first-order valence-corrected chi connectivity index (χ1v) is 16.5. The average Bonchev–Trinajstić information content (AvgIpc) is 3.66. The molecule has 3 aliphatic heterocycles. The predicted molar refractivity (Wildman–Crippen MR) is 180 cm³/mol. The Kier molecular flexibility index (Phi) is 8.32. The van der Waals surface area contributed by atoms with Crippen molar-refractivity contribution in [2.24, 2.45) is 11.8 Å². The molecule has 2 aromatic carbocycles. The lowest BCUT2D eigenvalue weighted by molar-refractivity contribution is 0.0203. The number of fused-ring (bicyclic) bond motifs is 6. The molecule has 43 heavy (non-hydrogen) atoms. The molecule has 4 N–H and O–H groups in total. The molecule has 6 unspecified atom stereocenters. The quantitative estimate of drug-likeness (QED) is 0.206. The molecule has 228 valence electrons. The van der Waals surface area contributed by atoms with Crippen molar-refractivity contribution in [3.8, 4) is 17.0 Å². The minimum atomic E-state index is -0.0966. The van der Waals surface area contributed by atoms with Crippen molar-refractivity contribution in [1.82, 2.24) is 25.8 Å². The zero-order chi connectivity index (χ0) is 30.2. The highest BCUT2D eigenvalue weighted by atomic mass is 16.5. The molecule has 1 aromatic heterocycles. The van der Waals surface area contributed by atoms with Crippen molar-refractivity contribution in [2.75, 3.05) is 0 Å². The van der Waals surface area contributed by atoms with Crippen LogP contribution in [-0.2, 0) is 0 Å². The van der Waals surface area contributed by atoms with E-state index in [1.807, 2.05) is 13.8 Å². The van der Waals surface area contributed by atoms with Crippen LogP contribution in [0.5, 0.6) is 5.75 Å². The molecule has 6 heteroatoms. The number of unbranched alkanes of at least 4 members (excludes halogenated alkanes) is 1. The molecule has 0 amide bonds. The lowest BCUT2D eigenvalue weighted by Crippen LogP contribution is -2.73. The average molecular weight is 580 g/mol. The molecule has 0 spiro atoms. The molecule has 1 saturated heterocycles. The van der Waals surface area contributed by atoms with Crippen molar-refractivity contribution in [1.29, 1.82) is 0 Å². The lowest BCUT2D eigenvalue weighted by atomic mass is 9.66. The van der Waals surface area contributed by atoms with Crippen molar-refractivity contribution >= 4 is 22.3 Å². The third-order valence-electron chi connectivity index (χ3n) is 9.82. The number of rotatable bonds is 9. The van der Waals surface area contributed by atoms with Gasteiger partial charge in [-0.3, -0.25) is 0 Å². The molecule has 7 rings (SSSR count). The van der Waals surface area contributed by atoms with Crippen molar-refractivity contribution in [3.63, 3.8) is 0 Å². The van der Waals surface area contributed by atoms with Gasteiger partial charge in [-0.05, 0) is 80.8 Å². The molecule has 6 atom stereocenters. The Balaban J connectivity index is 0.00000161. The van der Waals surface area contributed by atoms with Gasteiger partial charge < -0.3 is 30.6 Å². The normalized spacial score (nSPS) is 25.6. The van der Waals surface area contributed by atoms with Gasteiger partial charge in [-0.2, -0.15) is 0 Å². The molecule has 4 heterocycles. The highest BCUT2D eigenvalue weighted by Gasteiger charge is 2.50. The van der Waals surface area contributed by atoms with Crippen LogP contribution in [-0.4, -0.2) is 22.8 Å². The van der Waals surface area contributed by atoms with Gasteiger partial charge in [-0.15, -0.1) is 0 Å². The molecule has 6 nitrogen and oxygen atoms in total. The Hall–Kier alpha value is -3.64. The van der Waals surface area contributed by atoms with Gasteiger partial charge >= 0.3 is 0 Å². The fraction of sp³-hybridized carbons (Fsp3) is 0.459. The van der Waals surface area contributed by atoms with Crippen LogP contribution in [0.25, 0.3) is 33.6 Å². The standard InChI is InChI=1S/C35H43N5O.C2H6/c1-6-8-9-20(3)21(4)37-28(7-2)23-11-15-31-25(16-23)17-32-27-12-10-24(18-33(27)41-22(5)40(31)32)30-19-36-35(39-30)34-26-13-14-29(26)38-34;1-2/h7,10-12,15-20,22,26,29,34-39H,4,6,8-9,13-14H2,1-3,5H3;1-2H3/b28-7-;. The SMILES string of the molecule is C=C(N/C(=C\C)c1ccc2c(c1)cc1n2C(C)Oc2cc(C3=CNC(C4NC5CCC54)N3)ccc2-1)C(C)CCCC.CC. The number of hydrogen-bond acceptors (Lipinski definition) is 5. The number of aromatic nitrogens is 1. The highest BCUT2D eigenvalue weighted by molar-refractivity contribution is 5.91. The van der Waals surface area contributed by atoms with Crippen LogP contribution in [0.3, 0.4) is 0 Å². The smallest absolute Gasteiger partial charge is 0.173 e. The second-order valence-corrected chi connectivity index (χ2v) is 12.4. The Morgan fingerprint density at radius 1 is 1.16 bits per heavy atom. The van der Waals surface area contributed by atoms with Gasteiger partial charge in [0.1, 0.15) is 11.9 Å². The zero-order valence-electron chi connectivity index (χ0n) is 26.8. The van der Waals surface area contributed by atoms with E-state index < -0.39 is 0 Å². The van der Waals surface area contributed by atoms with E-state index in [1.165, 1.54) is 47.8 Å². The Labute approximate surface area is 257 Å². The molecule has 1 aliphatic carbocycles. The number of hydrogen-bond donors (Lipinski definition) is 4. The Morgan fingerprint density at radius 3 is 2.70 bits per heavy atom. The van der Waals surface area contributed by atoms with E-state index >= 15 is 0 Å². The maximum absolute atomic E-state index is 6.52. The van der Waals surface area contributed by atoms with Crippen LogP contribution in [0.15, 0.2) is 67.0 Å². The molecular weight excluding hydrogens is 530 g/mol. The highest BCUT2D eigenvalue weighted by Crippen LogP contribution is 2.44. The second kappa shape index (κ2) is 12.2. The molecular formula is C37H49N5O. The first-order chi connectivity index (χ1) is 20.9. The van der Waals surface area contributed by atoms with Crippen LogP contribution in [0, 0.1) is 11.8 Å². The van der Waals surface area contributed by atoms with E-state index in [4.69, 9.17) is 4.74 Å². The monoisotopic (exact) mass is 579 g/mol. The van der Waals surface area contributed by atoms with Gasteiger partial charge in [0, 0.05) is 40.1 Å². The summed E-state index contributed by atoms with van der Waals surface area (Å²) in [5.41, 5.74) is 9.16. The largest absolute Gasteiger partial charge is 0.470 e. The molecule has 1 saturated carbocycles. The first-order valence-electron chi connectivity index (χ1n) is 16.5. The van der Waals surface area contributed by atoms with Crippen LogP contribution < -0.4 is 26.0 Å². The zero-order valence-corrected chi connectivity index (χ0v) is 26.8. The van der Waals surface area contributed by atoms with Crippen molar-refractivity contribution in [2.45, 2.75) is 98.1 Å². The predicted octanol–water partition coefficient (Wildman–Crippen LogP) is 8.10. The maximum atomic E-state index is 6.52. The molecule has 0 radical (unpaired) electrons. The van der Waals surface area contributed by atoms with Gasteiger partial charge in [0.2, 0.25) is 0 Å². The maximum Gasteiger partial charge on any atom is 0.173 e. The molecule has 0 bridgehead atoms. The van der Waals surface area contributed by atoms with E-state index in [0.29, 0.717) is 12.0 Å². The summed E-state index contributed by atoms with van der Waals surface area (Å²) in [5, 5.41) is 15.8. The van der Waals surface area contributed by atoms with E-state index in [0.717, 1.165) is 52.3 Å². The van der Waals surface area contributed by atoms with Crippen LogP contribution >= 0.6 is 0 Å². The number of ether oxygens (including phenoxy) is 1. The van der Waals surface area contributed by atoms with Crippen molar-refractivity contribution in [3.05, 3.63) is 78.1 Å². The minimum Gasteiger partial charge on any atom is -0.470 e. The summed E-state index contributed by atoms with van der Waals surface area (Å²) in [6, 6.07) is 16.9. The van der Waals surface area contributed by atoms with Crippen LogP contribution in [0.1, 0.15) is 91.0 Å². The van der Waals surface area contributed by atoms with E-state index in [-0.39, 0.29) is 12.4 Å². The number of nitrogens with one attached hydrogen (secondary N) is 4. The van der Waals surface area contributed by atoms with Gasteiger partial charge in [-0.25, -0.2) is 0 Å². The lowest BCUT2D eigenvalue weighted by Gasteiger charge is -2.56. The van der Waals surface area contributed by atoms with Gasteiger partial charge in [0.05, 0.1) is 22.9 Å². The van der Waals surface area contributed by atoms with Crippen LogP contribution in [0.4, 0.5) is 0 Å². The number of allylic oxidation sites excluding steroid dienone is 2. The summed E-state index contributed by atoms with van der Waals surface area (Å²) in [7, 11) is 0. The van der Waals surface area contributed by atoms with E-state index in [1.54, 1.807) is 0 Å². The third-order valence-corrected chi connectivity index (χ3v) is 9.82. The summed E-state index contributed by atoms with van der Waals surface area (Å²) in [5.74, 6) is 2.19. The number of benzene rings is 2. The van der Waals surface area contributed by atoms with E-state index in [2.05, 4.69) is 115 Å². The van der Waals surface area contributed by atoms with Gasteiger partial charge in [0.15, 0.2) is 6.23 Å². The Morgan fingerprint density at radius 2 is 2.00 bits per heavy atom. The van der Waals surface area contributed by atoms with Gasteiger partial charge in [-0.1, -0.05) is 65.3 Å².